The second-order valence-corrected chi connectivity index (χ2v) is 8.15. The molecule has 2 aromatic carbocycles. The van der Waals surface area contributed by atoms with Crippen molar-refractivity contribution in [2.45, 2.75) is 18.1 Å². The lowest BCUT2D eigenvalue weighted by Crippen LogP contribution is -2.39. The van der Waals surface area contributed by atoms with E-state index in [1.807, 2.05) is 13.0 Å². The molecule has 0 radical (unpaired) electrons. The highest BCUT2D eigenvalue weighted by atomic mass is 32.2. The van der Waals surface area contributed by atoms with Crippen LogP contribution >= 0.6 is 0 Å². The van der Waals surface area contributed by atoms with Crippen molar-refractivity contribution >= 4 is 15.7 Å². The topological polar surface area (TPSA) is 84.9 Å². The number of sulfonamides is 1. The molecule has 1 aliphatic heterocycles. The van der Waals surface area contributed by atoms with E-state index in [4.69, 9.17) is 9.47 Å². The van der Waals surface area contributed by atoms with Crippen molar-refractivity contribution in [3.8, 4) is 0 Å². The molecule has 0 bridgehead atoms. The fourth-order valence-electron chi connectivity index (χ4n) is 2.49. The molecular weight excluding hydrogens is 342 g/mol. The number of nitrogens with one attached hydrogen (secondary N) is 1. The second kappa shape index (κ2) is 7.13. The van der Waals surface area contributed by atoms with Gasteiger partial charge in [-0.05, 0) is 24.3 Å². The van der Waals surface area contributed by atoms with Gasteiger partial charge in [-0.2, -0.15) is 0 Å². The minimum atomic E-state index is -3.65. The van der Waals surface area contributed by atoms with E-state index in [0.29, 0.717) is 24.5 Å². The molecule has 0 unspecified atom stereocenters. The number of aliphatic hydroxyl groups excluding tert-OH is 1. The first kappa shape index (κ1) is 17.9. The lowest BCUT2D eigenvalue weighted by atomic mass is 9.93. The van der Waals surface area contributed by atoms with Crippen LogP contribution in [0, 0.1) is 5.41 Å². The van der Waals surface area contributed by atoms with Gasteiger partial charge in [0.05, 0.1) is 24.7 Å². The fourth-order valence-corrected chi connectivity index (χ4v) is 3.56. The van der Waals surface area contributed by atoms with E-state index < -0.39 is 21.7 Å². The molecule has 0 aromatic heterocycles. The Kier molecular flexibility index (Phi) is 5.10. The number of hydrogen-bond acceptors (Lipinski definition) is 5. The smallest absolute Gasteiger partial charge is 0.261 e. The highest BCUT2D eigenvalue weighted by molar-refractivity contribution is 7.92. The Labute approximate surface area is 147 Å². The molecule has 1 aliphatic rings. The maximum atomic E-state index is 12.4. The zero-order chi connectivity index (χ0) is 17.9. The summed E-state index contributed by atoms with van der Waals surface area (Å²) in [5, 5.41) is 9.35. The van der Waals surface area contributed by atoms with Crippen LogP contribution in [-0.4, -0.2) is 33.3 Å². The van der Waals surface area contributed by atoms with Gasteiger partial charge in [0.1, 0.15) is 0 Å². The summed E-state index contributed by atoms with van der Waals surface area (Å²) in [6, 6.07) is 15.1. The molecule has 2 aromatic rings. The Morgan fingerprint density at radius 3 is 2.44 bits per heavy atom. The van der Waals surface area contributed by atoms with Crippen LogP contribution < -0.4 is 4.72 Å². The molecule has 134 valence electrons. The van der Waals surface area contributed by atoms with Gasteiger partial charge in [-0.1, -0.05) is 37.3 Å². The van der Waals surface area contributed by atoms with Gasteiger partial charge in [0.2, 0.25) is 0 Å². The molecule has 0 saturated carbocycles. The first-order valence-electron chi connectivity index (χ1n) is 7.94. The zero-order valence-corrected chi connectivity index (χ0v) is 14.7. The summed E-state index contributed by atoms with van der Waals surface area (Å²) < 4.78 is 38.7. The third-order valence-electron chi connectivity index (χ3n) is 4.01. The molecule has 25 heavy (non-hydrogen) atoms. The molecule has 1 heterocycles. The van der Waals surface area contributed by atoms with Crippen LogP contribution in [0.3, 0.4) is 0 Å². The van der Waals surface area contributed by atoms with Crippen molar-refractivity contribution in [2.24, 2.45) is 5.41 Å². The largest absolute Gasteiger partial charge is 0.396 e. The van der Waals surface area contributed by atoms with Crippen LogP contribution in [-0.2, 0) is 19.5 Å². The molecule has 1 saturated heterocycles. The van der Waals surface area contributed by atoms with Crippen molar-refractivity contribution < 1.29 is 23.0 Å². The average Bonchev–Trinajstić information content (AvgIpc) is 2.63. The SMILES string of the molecule is CC1(CO)COC(c2cccc(NS(=O)(=O)c3ccccc3)c2)OC1. The molecule has 0 aliphatic carbocycles. The molecule has 0 amide bonds. The first-order chi connectivity index (χ1) is 11.9. The van der Waals surface area contributed by atoms with Gasteiger partial charge in [-0.3, -0.25) is 4.72 Å². The predicted molar refractivity (Wildman–Crippen MR) is 93.5 cm³/mol. The van der Waals surface area contributed by atoms with Crippen molar-refractivity contribution in [3.63, 3.8) is 0 Å². The zero-order valence-electron chi connectivity index (χ0n) is 13.9. The number of benzene rings is 2. The monoisotopic (exact) mass is 363 g/mol. The van der Waals surface area contributed by atoms with Gasteiger partial charge in [-0.25, -0.2) is 8.42 Å². The van der Waals surface area contributed by atoms with Crippen LogP contribution in [0.2, 0.25) is 0 Å². The third-order valence-corrected chi connectivity index (χ3v) is 5.41. The Balaban J connectivity index is 1.74. The summed E-state index contributed by atoms with van der Waals surface area (Å²) in [6.45, 7) is 2.60. The predicted octanol–water partition coefficient (Wildman–Crippen LogP) is 2.53. The molecule has 7 heteroatoms. The molecule has 3 rings (SSSR count). The Hall–Kier alpha value is -1.93. The summed E-state index contributed by atoms with van der Waals surface area (Å²) in [5.41, 5.74) is 0.737. The Morgan fingerprint density at radius 2 is 1.80 bits per heavy atom. The summed E-state index contributed by atoms with van der Waals surface area (Å²) in [5.74, 6) is 0. The van der Waals surface area contributed by atoms with E-state index in [1.54, 1.807) is 36.4 Å². The van der Waals surface area contributed by atoms with Gasteiger partial charge in [0.15, 0.2) is 6.29 Å². The molecular formula is C18H21NO5S. The van der Waals surface area contributed by atoms with E-state index in [-0.39, 0.29) is 11.5 Å². The number of ether oxygens (including phenoxy) is 2. The summed E-state index contributed by atoms with van der Waals surface area (Å²) in [6.07, 6.45) is -0.583. The van der Waals surface area contributed by atoms with Gasteiger partial charge >= 0.3 is 0 Å². The van der Waals surface area contributed by atoms with Gasteiger partial charge < -0.3 is 14.6 Å². The maximum absolute atomic E-state index is 12.4. The number of anilines is 1. The van der Waals surface area contributed by atoms with Crippen molar-refractivity contribution in [1.82, 2.24) is 0 Å². The molecule has 2 N–H and O–H groups in total. The molecule has 1 fully saturated rings. The normalized spacial score (nSPS) is 24.0. The van der Waals surface area contributed by atoms with Crippen LogP contribution in [0.15, 0.2) is 59.5 Å². The first-order valence-corrected chi connectivity index (χ1v) is 9.42. The van der Waals surface area contributed by atoms with E-state index >= 15 is 0 Å². The van der Waals surface area contributed by atoms with Crippen LogP contribution in [0.1, 0.15) is 18.8 Å². The third kappa shape index (κ3) is 4.19. The van der Waals surface area contributed by atoms with Gasteiger partial charge in [-0.15, -0.1) is 0 Å². The molecule has 0 atom stereocenters. The standard InChI is InChI=1S/C18H21NO5S/c1-18(11-20)12-23-17(24-13-18)14-6-5-7-15(10-14)19-25(21,22)16-8-3-2-4-9-16/h2-10,17,19-20H,11-13H2,1H3. The summed E-state index contributed by atoms with van der Waals surface area (Å²) in [4.78, 5) is 0.198. The number of aliphatic hydroxyl groups is 1. The van der Waals surface area contributed by atoms with Crippen molar-refractivity contribution in [1.29, 1.82) is 0 Å². The van der Waals surface area contributed by atoms with E-state index in [9.17, 15) is 13.5 Å². The summed E-state index contributed by atoms with van der Waals surface area (Å²) >= 11 is 0. The minimum Gasteiger partial charge on any atom is -0.396 e. The summed E-state index contributed by atoms with van der Waals surface area (Å²) in [7, 11) is -3.65. The fraction of sp³-hybridized carbons (Fsp3) is 0.333. The quantitative estimate of drug-likeness (QED) is 0.853. The lowest BCUT2D eigenvalue weighted by molar-refractivity contribution is -0.236. The van der Waals surface area contributed by atoms with E-state index in [1.165, 1.54) is 12.1 Å². The Morgan fingerprint density at radius 1 is 1.12 bits per heavy atom. The second-order valence-electron chi connectivity index (χ2n) is 6.47. The lowest BCUT2D eigenvalue weighted by Gasteiger charge is -2.36. The van der Waals surface area contributed by atoms with Crippen LogP contribution in [0.25, 0.3) is 0 Å². The molecule has 6 nitrogen and oxygen atoms in total. The highest BCUT2D eigenvalue weighted by Crippen LogP contribution is 2.32. The van der Waals surface area contributed by atoms with Crippen LogP contribution in [0.4, 0.5) is 5.69 Å². The number of hydrogen-bond donors (Lipinski definition) is 2. The van der Waals surface area contributed by atoms with Crippen molar-refractivity contribution in [2.75, 3.05) is 24.5 Å². The molecule has 0 spiro atoms. The average molecular weight is 363 g/mol. The van der Waals surface area contributed by atoms with Gasteiger partial charge in [0.25, 0.3) is 10.0 Å². The Bertz CT molecular complexity index is 814. The maximum Gasteiger partial charge on any atom is 0.261 e. The van der Waals surface area contributed by atoms with Crippen molar-refractivity contribution in [3.05, 3.63) is 60.2 Å². The number of rotatable bonds is 5. The van der Waals surface area contributed by atoms with Crippen LogP contribution in [0.5, 0.6) is 0 Å². The van der Waals surface area contributed by atoms with Gasteiger partial charge in [0, 0.05) is 16.7 Å². The van der Waals surface area contributed by atoms with E-state index in [0.717, 1.165) is 0 Å². The minimum absolute atomic E-state index is 0.0172. The van der Waals surface area contributed by atoms with E-state index in [2.05, 4.69) is 4.72 Å². The highest BCUT2D eigenvalue weighted by Gasteiger charge is 2.32.